The molecule has 1 nitrogen and oxygen atoms in total. The van der Waals surface area contributed by atoms with Crippen molar-refractivity contribution in [3.05, 3.63) is 33.8 Å². The fourth-order valence-corrected chi connectivity index (χ4v) is 2.33. The highest BCUT2D eigenvalue weighted by Gasteiger charge is 2.08. The molecular weight excluding hydrogens is 320 g/mol. The highest BCUT2D eigenvalue weighted by molar-refractivity contribution is 9.10. The number of halogens is 2. The number of benzene rings is 1. The molecule has 0 spiro atoms. The molecule has 0 aromatic heterocycles. The lowest BCUT2D eigenvalue weighted by atomic mass is 10.0. The highest BCUT2D eigenvalue weighted by atomic mass is 79.9. The molecule has 15 heavy (non-hydrogen) atoms. The fourth-order valence-electron chi connectivity index (χ4n) is 1.45. The van der Waals surface area contributed by atoms with Crippen molar-refractivity contribution < 1.29 is 4.79 Å². The summed E-state index contributed by atoms with van der Waals surface area (Å²) in [5, 5.41) is 0.972. The van der Waals surface area contributed by atoms with Gasteiger partial charge in [-0.1, -0.05) is 37.9 Å². The largest absolute Gasteiger partial charge is 0.294 e. The fraction of sp³-hybridized carbons (Fsp3) is 0.417. The van der Waals surface area contributed by atoms with Crippen LogP contribution in [0.25, 0.3) is 0 Å². The molecule has 0 aliphatic heterocycles. The van der Waals surface area contributed by atoms with E-state index < -0.39 is 0 Å². The minimum Gasteiger partial charge on any atom is -0.294 e. The van der Waals surface area contributed by atoms with Crippen LogP contribution in [-0.2, 0) is 0 Å². The summed E-state index contributed by atoms with van der Waals surface area (Å²) in [5.41, 5.74) is 1.90. The summed E-state index contributed by atoms with van der Waals surface area (Å²) in [4.78, 5) is 11.8. The van der Waals surface area contributed by atoms with Gasteiger partial charge in [-0.2, -0.15) is 0 Å². The average molecular weight is 334 g/mol. The second-order valence-electron chi connectivity index (χ2n) is 3.53. The van der Waals surface area contributed by atoms with Crippen LogP contribution in [0.5, 0.6) is 0 Å². The lowest BCUT2D eigenvalue weighted by molar-refractivity contribution is 0.0979. The van der Waals surface area contributed by atoms with E-state index in [1.165, 1.54) is 0 Å². The van der Waals surface area contributed by atoms with Gasteiger partial charge in [-0.15, -0.1) is 0 Å². The van der Waals surface area contributed by atoms with Crippen LogP contribution < -0.4 is 0 Å². The Hall–Kier alpha value is -0.150. The predicted molar refractivity (Wildman–Crippen MR) is 70.9 cm³/mol. The van der Waals surface area contributed by atoms with Crippen LogP contribution in [0.15, 0.2) is 22.7 Å². The topological polar surface area (TPSA) is 17.1 Å². The second-order valence-corrected chi connectivity index (χ2v) is 5.24. The molecule has 0 bridgehead atoms. The lowest BCUT2D eigenvalue weighted by Crippen LogP contribution is -2.01. The summed E-state index contributed by atoms with van der Waals surface area (Å²) in [7, 11) is 0. The maximum atomic E-state index is 11.8. The van der Waals surface area contributed by atoms with Gasteiger partial charge >= 0.3 is 0 Å². The second kappa shape index (κ2) is 6.44. The summed E-state index contributed by atoms with van der Waals surface area (Å²) < 4.78 is 1.03. The Bertz CT molecular complexity index is 347. The Morgan fingerprint density at radius 2 is 2.07 bits per heavy atom. The normalized spacial score (nSPS) is 10.3. The first kappa shape index (κ1) is 12.9. The number of carbonyl (C=O) groups is 1. The molecule has 0 aliphatic rings. The minimum absolute atomic E-state index is 0.251. The van der Waals surface area contributed by atoms with Crippen LogP contribution in [0.4, 0.5) is 0 Å². The molecule has 0 atom stereocenters. The van der Waals surface area contributed by atoms with Crippen LogP contribution >= 0.6 is 31.9 Å². The van der Waals surface area contributed by atoms with E-state index in [-0.39, 0.29) is 5.78 Å². The monoisotopic (exact) mass is 332 g/mol. The molecule has 0 saturated carbocycles. The Kier molecular flexibility index (Phi) is 5.54. The number of Topliss-reactive ketones (excluding diaryl/α,β-unsaturated/α-hetero) is 1. The van der Waals surface area contributed by atoms with Gasteiger partial charge in [0.05, 0.1) is 0 Å². The molecule has 3 heteroatoms. The summed E-state index contributed by atoms with van der Waals surface area (Å²) in [5.74, 6) is 0.251. The maximum absolute atomic E-state index is 11.8. The summed E-state index contributed by atoms with van der Waals surface area (Å²) in [6.45, 7) is 1.97. The number of hydrogen-bond acceptors (Lipinski definition) is 1. The Morgan fingerprint density at radius 3 is 2.67 bits per heavy atom. The summed E-state index contributed by atoms with van der Waals surface area (Å²) in [6.07, 6.45) is 2.66. The van der Waals surface area contributed by atoms with Crippen molar-refractivity contribution in [3.63, 3.8) is 0 Å². The number of ketones is 1. The third-order valence-corrected chi connectivity index (χ3v) is 3.33. The molecule has 0 saturated heterocycles. The van der Waals surface area contributed by atoms with Crippen LogP contribution in [0, 0.1) is 6.92 Å². The third kappa shape index (κ3) is 4.07. The molecule has 82 valence electrons. The van der Waals surface area contributed by atoms with Crippen molar-refractivity contribution in [2.75, 3.05) is 5.33 Å². The summed E-state index contributed by atoms with van der Waals surface area (Å²) >= 11 is 6.75. The average Bonchev–Trinajstić information content (AvgIpc) is 2.17. The number of rotatable bonds is 5. The van der Waals surface area contributed by atoms with E-state index in [4.69, 9.17) is 0 Å². The van der Waals surface area contributed by atoms with Crippen molar-refractivity contribution >= 4 is 37.6 Å². The van der Waals surface area contributed by atoms with Crippen molar-refractivity contribution in [1.82, 2.24) is 0 Å². The van der Waals surface area contributed by atoms with Crippen LogP contribution in [0.2, 0.25) is 0 Å². The van der Waals surface area contributed by atoms with Gasteiger partial charge in [-0.3, -0.25) is 4.79 Å². The molecule has 1 aromatic rings. The van der Waals surface area contributed by atoms with Gasteiger partial charge in [-0.05, 0) is 37.5 Å². The van der Waals surface area contributed by atoms with E-state index >= 15 is 0 Å². The number of unbranched alkanes of at least 4 members (excludes halogenated alkanes) is 1. The first-order valence-electron chi connectivity index (χ1n) is 5.00. The van der Waals surface area contributed by atoms with Gasteiger partial charge in [0.25, 0.3) is 0 Å². The summed E-state index contributed by atoms with van der Waals surface area (Å²) in [6, 6.07) is 5.80. The number of aryl methyl sites for hydroxylation is 1. The molecule has 0 aliphatic carbocycles. The van der Waals surface area contributed by atoms with E-state index in [0.717, 1.165) is 33.8 Å². The van der Waals surface area contributed by atoms with E-state index in [0.29, 0.717) is 6.42 Å². The van der Waals surface area contributed by atoms with Gasteiger partial charge < -0.3 is 0 Å². The van der Waals surface area contributed by atoms with E-state index in [1.807, 2.05) is 25.1 Å². The molecule has 0 fully saturated rings. The first-order valence-corrected chi connectivity index (χ1v) is 6.92. The van der Waals surface area contributed by atoms with Crippen LogP contribution in [0.1, 0.15) is 35.2 Å². The van der Waals surface area contributed by atoms with Crippen molar-refractivity contribution in [1.29, 1.82) is 0 Å². The minimum atomic E-state index is 0.251. The number of hydrogen-bond donors (Lipinski definition) is 0. The Labute approximate surface area is 108 Å². The van der Waals surface area contributed by atoms with Gasteiger partial charge in [-0.25, -0.2) is 0 Å². The maximum Gasteiger partial charge on any atom is 0.163 e. The molecule has 0 N–H and O–H groups in total. The Morgan fingerprint density at radius 1 is 1.33 bits per heavy atom. The standard InChI is InChI=1S/C12H14Br2O/c1-9-8-10(14)5-6-11(9)12(15)4-2-3-7-13/h5-6,8H,2-4,7H2,1H3. The zero-order valence-electron chi connectivity index (χ0n) is 8.72. The van der Waals surface area contributed by atoms with Gasteiger partial charge in [0, 0.05) is 21.8 Å². The smallest absolute Gasteiger partial charge is 0.163 e. The quantitative estimate of drug-likeness (QED) is 0.440. The van der Waals surface area contributed by atoms with Crippen molar-refractivity contribution in [3.8, 4) is 0 Å². The van der Waals surface area contributed by atoms with Crippen molar-refractivity contribution in [2.45, 2.75) is 26.2 Å². The number of carbonyl (C=O) groups excluding carboxylic acids is 1. The lowest BCUT2D eigenvalue weighted by Gasteiger charge is -2.04. The van der Waals surface area contributed by atoms with Gasteiger partial charge in [0.15, 0.2) is 5.78 Å². The van der Waals surface area contributed by atoms with Gasteiger partial charge in [0.2, 0.25) is 0 Å². The zero-order valence-corrected chi connectivity index (χ0v) is 11.9. The first-order chi connectivity index (χ1) is 7.15. The molecule has 1 rings (SSSR count). The zero-order chi connectivity index (χ0) is 11.3. The van der Waals surface area contributed by atoms with Gasteiger partial charge in [0.1, 0.15) is 0 Å². The van der Waals surface area contributed by atoms with Crippen LogP contribution in [0.3, 0.4) is 0 Å². The van der Waals surface area contributed by atoms with E-state index in [9.17, 15) is 4.79 Å². The van der Waals surface area contributed by atoms with E-state index in [1.54, 1.807) is 0 Å². The molecule has 0 amide bonds. The van der Waals surface area contributed by atoms with Crippen molar-refractivity contribution in [2.24, 2.45) is 0 Å². The Balaban J connectivity index is 2.65. The number of alkyl halides is 1. The molecule has 0 heterocycles. The third-order valence-electron chi connectivity index (χ3n) is 2.28. The molecule has 0 radical (unpaired) electrons. The molecular formula is C12H14Br2O. The molecule has 0 unspecified atom stereocenters. The highest BCUT2D eigenvalue weighted by Crippen LogP contribution is 2.18. The van der Waals surface area contributed by atoms with E-state index in [2.05, 4.69) is 31.9 Å². The predicted octanol–water partition coefficient (Wildman–Crippen LogP) is 4.51. The van der Waals surface area contributed by atoms with Crippen LogP contribution in [-0.4, -0.2) is 11.1 Å². The molecule has 1 aromatic carbocycles. The SMILES string of the molecule is Cc1cc(Br)ccc1C(=O)CCCCBr.